The van der Waals surface area contributed by atoms with E-state index in [4.69, 9.17) is 5.73 Å². The van der Waals surface area contributed by atoms with Crippen molar-refractivity contribution >= 4 is 5.69 Å². The summed E-state index contributed by atoms with van der Waals surface area (Å²) in [5.41, 5.74) is 10.2. The van der Waals surface area contributed by atoms with Gasteiger partial charge in [0, 0.05) is 25.3 Å². The molecule has 1 aromatic carbocycles. The highest BCUT2D eigenvalue weighted by Gasteiger charge is 2.34. The first kappa shape index (κ1) is 10.2. The summed E-state index contributed by atoms with van der Waals surface area (Å²) in [6.45, 7) is 5.89. The van der Waals surface area contributed by atoms with Gasteiger partial charge >= 0.3 is 0 Å². The molecule has 1 saturated carbocycles. The summed E-state index contributed by atoms with van der Waals surface area (Å²) in [5.74, 6) is 0. The van der Waals surface area contributed by atoms with E-state index in [9.17, 15) is 0 Å². The van der Waals surface area contributed by atoms with Gasteiger partial charge in [0.15, 0.2) is 0 Å². The number of hydrogen-bond acceptors (Lipinski definition) is 2. The SMILES string of the molecule is CC1(CN2Cc3ccc(N)cc3C2)CCC1. The average Bonchev–Trinajstić information content (AvgIpc) is 2.56. The molecule has 0 saturated heterocycles. The van der Waals surface area contributed by atoms with Gasteiger partial charge in [0.2, 0.25) is 0 Å². The van der Waals surface area contributed by atoms with E-state index in [2.05, 4.69) is 24.0 Å². The standard InChI is InChI=1S/C14H20N2/c1-14(5-2-6-14)10-16-8-11-3-4-13(15)7-12(11)9-16/h3-4,7H,2,5-6,8-10,15H2,1H3. The molecule has 1 heterocycles. The molecule has 0 radical (unpaired) electrons. The van der Waals surface area contributed by atoms with Crippen molar-refractivity contribution in [3.8, 4) is 0 Å². The third-order valence-corrected chi connectivity index (χ3v) is 4.18. The molecule has 0 amide bonds. The van der Waals surface area contributed by atoms with Crippen molar-refractivity contribution in [2.45, 2.75) is 39.3 Å². The van der Waals surface area contributed by atoms with Gasteiger partial charge in [0.25, 0.3) is 0 Å². The van der Waals surface area contributed by atoms with Gasteiger partial charge in [-0.15, -0.1) is 0 Å². The number of nitrogen functional groups attached to an aromatic ring is 1. The van der Waals surface area contributed by atoms with E-state index < -0.39 is 0 Å². The molecule has 0 bridgehead atoms. The Morgan fingerprint density at radius 3 is 2.69 bits per heavy atom. The van der Waals surface area contributed by atoms with E-state index in [1.54, 1.807) is 0 Å². The van der Waals surface area contributed by atoms with Crippen LogP contribution in [0.1, 0.15) is 37.3 Å². The minimum absolute atomic E-state index is 0.591. The minimum Gasteiger partial charge on any atom is -0.399 e. The third kappa shape index (κ3) is 1.71. The summed E-state index contributed by atoms with van der Waals surface area (Å²) < 4.78 is 0. The fourth-order valence-corrected chi connectivity index (χ4v) is 3.08. The van der Waals surface area contributed by atoms with Crippen LogP contribution in [0.2, 0.25) is 0 Å². The largest absolute Gasteiger partial charge is 0.399 e. The molecule has 2 aliphatic rings. The zero-order valence-corrected chi connectivity index (χ0v) is 10.00. The maximum atomic E-state index is 5.82. The molecule has 1 aliphatic carbocycles. The highest BCUT2D eigenvalue weighted by Crippen LogP contribution is 2.42. The molecule has 0 spiro atoms. The molecular weight excluding hydrogens is 196 g/mol. The highest BCUT2D eigenvalue weighted by atomic mass is 15.1. The molecule has 86 valence electrons. The van der Waals surface area contributed by atoms with Crippen molar-refractivity contribution in [1.29, 1.82) is 0 Å². The van der Waals surface area contributed by atoms with Crippen LogP contribution in [0.15, 0.2) is 18.2 Å². The van der Waals surface area contributed by atoms with Crippen molar-refractivity contribution in [1.82, 2.24) is 4.90 Å². The minimum atomic E-state index is 0.591. The van der Waals surface area contributed by atoms with Crippen LogP contribution in [-0.4, -0.2) is 11.4 Å². The van der Waals surface area contributed by atoms with Crippen molar-refractivity contribution in [2.24, 2.45) is 5.41 Å². The summed E-state index contributed by atoms with van der Waals surface area (Å²) in [5, 5.41) is 0. The first-order valence-electron chi connectivity index (χ1n) is 6.24. The molecular formula is C14H20N2. The van der Waals surface area contributed by atoms with Crippen LogP contribution in [0.4, 0.5) is 5.69 Å². The molecule has 16 heavy (non-hydrogen) atoms. The lowest BCUT2D eigenvalue weighted by atomic mass is 9.70. The van der Waals surface area contributed by atoms with Gasteiger partial charge in [-0.3, -0.25) is 4.90 Å². The molecule has 1 aromatic rings. The highest BCUT2D eigenvalue weighted by molar-refractivity contribution is 5.46. The fraction of sp³-hybridized carbons (Fsp3) is 0.571. The maximum absolute atomic E-state index is 5.82. The van der Waals surface area contributed by atoms with Crippen LogP contribution in [0, 0.1) is 5.41 Å². The number of fused-ring (bicyclic) bond motifs is 1. The predicted octanol–water partition coefficient (Wildman–Crippen LogP) is 2.77. The second-order valence-electron chi connectivity index (χ2n) is 5.84. The Kier molecular flexibility index (Phi) is 2.21. The van der Waals surface area contributed by atoms with Gasteiger partial charge in [-0.1, -0.05) is 19.4 Å². The van der Waals surface area contributed by atoms with E-state index in [0.717, 1.165) is 18.8 Å². The zero-order valence-electron chi connectivity index (χ0n) is 10.00. The molecule has 1 fully saturated rings. The van der Waals surface area contributed by atoms with E-state index in [1.807, 2.05) is 6.07 Å². The average molecular weight is 216 g/mol. The Labute approximate surface area is 97.4 Å². The van der Waals surface area contributed by atoms with Gasteiger partial charge in [-0.25, -0.2) is 0 Å². The van der Waals surface area contributed by atoms with Crippen LogP contribution in [-0.2, 0) is 13.1 Å². The van der Waals surface area contributed by atoms with Crippen LogP contribution in [0.25, 0.3) is 0 Å². The van der Waals surface area contributed by atoms with Crippen LogP contribution in [0.5, 0.6) is 0 Å². The molecule has 2 nitrogen and oxygen atoms in total. The van der Waals surface area contributed by atoms with Crippen molar-refractivity contribution in [2.75, 3.05) is 12.3 Å². The number of benzene rings is 1. The monoisotopic (exact) mass is 216 g/mol. The van der Waals surface area contributed by atoms with Gasteiger partial charge < -0.3 is 5.73 Å². The van der Waals surface area contributed by atoms with Crippen molar-refractivity contribution < 1.29 is 0 Å². The van der Waals surface area contributed by atoms with Crippen LogP contribution in [0.3, 0.4) is 0 Å². The number of anilines is 1. The number of hydrogen-bond donors (Lipinski definition) is 1. The molecule has 1 aliphatic heterocycles. The third-order valence-electron chi connectivity index (χ3n) is 4.18. The van der Waals surface area contributed by atoms with Gasteiger partial charge in [0.1, 0.15) is 0 Å². The summed E-state index contributed by atoms with van der Waals surface area (Å²) in [7, 11) is 0. The van der Waals surface area contributed by atoms with E-state index >= 15 is 0 Å². The summed E-state index contributed by atoms with van der Waals surface area (Å²) in [6.07, 6.45) is 4.23. The lowest BCUT2D eigenvalue weighted by molar-refractivity contribution is 0.0840. The molecule has 2 heteroatoms. The van der Waals surface area contributed by atoms with E-state index in [0.29, 0.717) is 5.41 Å². The van der Waals surface area contributed by atoms with Crippen LogP contribution < -0.4 is 5.73 Å². The lowest BCUT2D eigenvalue weighted by Crippen LogP contribution is -2.37. The van der Waals surface area contributed by atoms with Crippen molar-refractivity contribution in [3.05, 3.63) is 29.3 Å². The quantitative estimate of drug-likeness (QED) is 0.770. The summed E-state index contributed by atoms with van der Waals surface area (Å²) >= 11 is 0. The Balaban J connectivity index is 1.70. The topological polar surface area (TPSA) is 29.3 Å². The van der Waals surface area contributed by atoms with Crippen molar-refractivity contribution in [3.63, 3.8) is 0 Å². The number of rotatable bonds is 2. The van der Waals surface area contributed by atoms with E-state index in [1.165, 1.54) is 36.9 Å². The summed E-state index contributed by atoms with van der Waals surface area (Å²) in [4.78, 5) is 2.57. The molecule has 2 N–H and O–H groups in total. The van der Waals surface area contributed by atoms with E-state index in [-0.39, 0.29) is 0 Å². The lowest BCUT2D eigenvalue weighted by Gasteiger charge is -2.41. The Morgan fingerprint density at radius 1 is 1.25 bits per heavy atom. The smallest absolute Gasteiger partial charge is 0.0317 e. The summed E-state index contributed by atoms with van der Waals surface area (Å²) in [6, 6.07) is 6.35. The first-order valence-corrected chi connectivity index (χ1v) is 6.24. The molecule has 0 atom stereocenters. The Bertz CT molecular complexity index is 407. The van der Waals surface area contributed by atoms with Gasteiger partial charge in [0.05, 0.1) is 0 Å². The van der Waals surface area contributed by atoms with Crippen LogP contribution >= 0.6 is 0 Å². The molecule has 3 rings (SSSR count). The second kappa shape index (κ2) is 3.49. The van der Waals surface area contributed by atoms with Gasteiger partial charge in [-0.05, 0) is 41.5 Å². The fourth-order valence-electron chi connectivity index (χ4n) is 3.08. The predicted molar refractivity (Wildman–Crippen MR) is 66.9 cm³/mol. The zero-order chi connectivity index (χ0) is 11.2. The molecule has 0 aromatic heterocycles. The molecule has 0 unspecified atom stereocenters. The first-order chi connectivity index (χ1) is 7.65. The number of nitrogens with zero attached hydrogens (tertiary/aromatic N) is 1. The Hall–Kier alpha value is -1.02. The normalized spacial score (nSPS) is 22.8. The maximum Gasteiger partial charge on any atom is 0.0317 e. The number of nitrogens with two attached hydrogens (primary N) is 1. The Morgan fingerprint density at radius 2 is 2.00 bits per heavy atom. The second-order valence-corrected chi connectivity index (χ2v) is 5.84. The van der Waals surface area contributed by atoms with Gasteiger partial charge in [-0.2, -0.15) is 0 Å².